The number of carbonyl (C=O) groups is 2. The monoisotopic (exact) mass is 262 g/mol. The van der Waals surface area contributed by atoms with Crippen molar-refractivity contribution in [2.45, 2.75) is 32.2 Å². The van der Waals surface area contributed by atoms with Gasteiger partial charge in [-0.25, -0.2) is 9.59 Å². The van der Waals surface area contributed by atoms with Crippen LogP contribution in [0.15, 0.2) is 0 Å². The molecular weight excluding hydrogens is 240 g/mol. The molecule has 0 aromatic heterocycles. The highest BCUT2D eigenvalue weighted by Gasteiger charge is 2.17. The van der Waals surface area contributed by atoms with Gasteiger partial charge in [0, 0.05) is 19.8 Å². The maximum absolute atomic E-state index is 11.2. The smallest absolute Gasteiger partial charge is 0.328 e. The summed E-state index contributed by atoms with van der Waals surface area (Å²) in [6.07, 6.45) is 2.76. The molecule has 0 aromatic rings. The molecule has 7 nitrogen and oxygen atoms in total. The first kappa shape index (κ1) is 16.7. The molecule has 0 heterocycles. The van der Waals surface area contributed by atoms with Crippen LogP contribution in [0.4, 0.5) is 4.79 Å². The average molecular weight is 262 g/mol. The van der Waals surface area contributed by atoms with Gasteiger partial charge >= 0.3 is 12.0 Å². The molecule has 0 rings (SSSR count). The molecule has 0 aliphatic heterocycles. The first-order valence-electron chi connectivity index (χ1n) is 6.07. The summed E-state index contributed by atoms with van der Waals surface area (Å²) in [5.74, 6) is -1.27. The number of nitrogens with one attached hydrogen (secondary N) is 2. The van der Waals surface area contributed by atoms with Crippen LogP contribution >= 0.6 is 0 Å². The maximum atomic E-state index is 11.2. The summed E-state index contributed by atoms with van der Waals surface area (Å²) in [7, 11) is 0. The van der Waals surface area contributed by atoms with Crippen LogP contribution in [0.2, 0.25) is 0 Å². The van der Waals surface area contributed by atoms with Gasteiger partial charge in [0.2, 0.25) is 0 Å². The lowest BCUT2D eigenvalue weighted by Crippen LogP contribution is -2.48. The van der Waals surface area contributed by atoms with Crippen LogP contribution in [0.1, 0.15) is 26.2 Å². The fourth-order valence-electron chi connectivity index (χ4n) is 1.12. The van der Waals surface area contributed by atoms with Gasteiger partial charge in [-0.15, -0.1) is 0 Å². The number of rotatable bonds is 10. The molecule has 106 valence electrons. The van der Waals surface area contributed by atoms with Crippen LogP contribution in [0.5, 0.6) is 0 Å². The van der Waals surface area contributed by atoms with Gasteiger partial charge in [-0.2, -0.15) is 0 Å². The van der Waals surface area contributed by atoms with Gasteiger partial charge in [-0.05, 0) is 12.8 Å². The van der Waals surface area contributed by atoms with E-state index in [9.17, 15) is 9.59 Å². The molecule has 0 aliphatic carbocycles. The molecule has 18 heavy (non-hydrogen) atoms. The van der Waals surface area contributed by atoms with Crippen LogP contribution in [0.3, 0.4) is 0 Å². The van der Waals surface area contributed by atoms with Crippen molar-refractivity contribution in [1.29, 1.82) is 0 Å². The zero-order valence-electron chi connectivity index (χ0n) is 10.6. The van der Waals surface area contributed by atoms with E-state index in [0.29, 0.717) is 26.2 Å². The lowest BCUT2D eigenvalue weighted by Gasteiger charge is -2.12. The van der Waals surface area contributed by atoms with Gasteiger partial charge < -0.3 is 25.6 Å². The Hall–Kier alpha value is -1.34. The van der Waals surface area contributed by atoms with E-state index in [1.165, 1.54) is 0 Å². The highest BCUT2D eigenvalue weighted by atomic mass is 16.5. The Bertz CT molecular complexity index is 248. The predicted molar refractivity (Wildman–Crippen MR) is 65.4 cm³/mol. The summed E-state index contributed by atoms with van der Waals surface area (Å²) in [5, 5.41) is 21.9. The number of ether oxygens (including phenoxy) is 1. The Morgan fingerprint density at radius 3 is 2.50 bits per heavy atom. The quantitative estimate of drug-likeness (QED) is 0.412. The van der Waals surface area contributed by atoms with Gasteiger partial charge in [0.25, 0.3) is 0 Å². The number of hydrogen-bond donors (Lipinski definition) is 4. The van der Waals surface area contributed by atoms with E-state index in [2.05, 4.69) is 17.6 Å². The Morgan fingerprint density at radius 1 is 1.28 bits per heavy atom. The molecule has 0 saturated carbocycles. The topological polar surface area (TPSA) is 108 Å². The van der Waals surface area contributed by atoms with E-state index in [0.717, 1.165) is 12.8 Å². The highest BCUT2D eigenvalue weighted by molar-refractivity contribution is 5.82. The minimum Gasteiger partial charge on any atom is -0.480 e. The SMILES string of the molecule is CCCCOCCCNC(=O)N[C@@H](CO)C(=O)O. The molecule has 0 spiro atoms. The largest absolute Gasteiger partial charge is 0.480 e. The van der Waals surface area contributed by atoms with Gasteiger partial charge in [0.05, 0.1) is 6.61 Å². The van der Waals surface area contributed by atoms with E-state index < -0.39 is 24.6 Å². The molecule has 2 amide bonds. The molecule has 0 fully saturated rings. The lowest BCUT2D eigenvalue weighted by atomic mass is 10.3. The van der Waals surface area contributed by atoms with Crippen molar-refractivity contribution in [1.82, 2.24) is 10.6 Å². The normalized spacial score (nSPS) is 11.9. The van der Waals surface area contributed by atoms with Crippen molar-refractivity contribution in [2.75, 3.05) is 26.4 Å². The third-order valence-corrected chi connectivity index (χ3v) is 2.18. The van der Waals surface area contributed by atoms with Crippen molar-refractivity contribution < 1.29 is 24.5 Å². The fraction of sp³-hybridized carbons (Fsp3) is 0.818. The van der Waals surface area contributed by atoms with E-state index in [1.54, 1.807) is 0 Å². The van der Waals surface area contributed by atoms with Crippen LogP contribution in [-0.2, 0) is 9.53 Å². The van der Waals surface area contributed by atoms with Crippen molar-refractivity contribution in [3.8, 4) is 0 Å². The summed E-state index contributed by atoms with van der Waals surface area (Å²) < 4.78 is 5.29. The van der Waals surface area contributed by atoms with E-state index in [4.69, 9.17) is 14.9 Å². The molecule has 0 unspecified atom stereocenters. The van der Waals surface area contributed by atoms with E-state index in [1.807, 2.05) is 0 Å². The number of carboxylic acids is 1. The number of hydrogen-bond acceptors (Lipinski definition) is 4. The standard InChI is InChI=1S/C11H22N2O5/c1-2-3-6-18-7-4-5-12-11(17)13-9(8-14)10(15)16/h9,14H,2-8H2,1H3,(H,15,16)(H2,12,13,17)/t9-/m0/s1. The Labute approximate surface area is 107 Å². The predicted octanol–water partition coefficient (Wildman–Crippen LogP) is -0.0621. The number of aliphatic carboxylic acids is 1. The van der Waals surface area contributed by atoms with Crippen LogP contribution in [-0.4, -0.2) is 54.6 Å². The average Bonchev–Trinajstić information content (AvgIpc) is 2.34. The van der Waals surface area contributed by atoms with Crippen molar-refractivity contribution in [2.24, 2.45) is 0 Å². The maximum Gasteiger partial charge on any atom is 0.328 e. The fourth-order valence-corrected chi connectivity index (χ4v) is 1.12. The first-order chi connectivity index (χ1) is 8.61. The molecule has 0 bridgehead atoms. The second-order valence-electron chi connectivity index (χ2n) is 3.79. The number of aliphatic hydroxyl groups excluding tert-OH is 1. The molecule has 7 heteroatoms. The summed E-state index contributed by atoms with van der Waals surface area (Å²) in [4.78, 5) is 21.7. The van der Waals surface area contributed by atoms with Crippen LogP contribution in [0, 0.1) is 0 Å². The molecule has 0 aromatic carbocycles. The molecule has 1 atom stereocenters. The van der Waals surface area contributed by atoms with E-state index in [-0.39, 0.29) is 0 Å². The Balaban J connectivity index is 3.50. The Morgan fingerprint density at radius 2 is 1.94 bits per heavy atom. The minimum atomic E-state index is -1.27. The second-order valence-corrected chi connectivity index (χ2v) is 3.79. The van der Waals surface area contributed by atoms with Crippen LogP contribution in [0.25, 0.3) is 0 Å². The van der Waals surface area contributed by atoms with Gasteiger partial charge in [0.15, 0.2) is 6.04 Å². The number of amides is 2. The number of urea groups is 1. The first-order valence-corrected chi connectivity index (χ1v) is 6.07. The molecule has 0 radical (unpaired) electrons. The molecule has 0 aliphatic rings. The number of unbranched alkanes of at least 4 members (excludes halogenated alkanes) is 1. The lowest BCUT2D eigenvalue weighted by molar-refractivity contribution is -0.140. The Kier molecular flexibility index (Phi) is 9.99. The van der Waals surface area contributed by atoms with Crippen LogP contribution < -0.4 is 10.6 Å². The van der Waals surface area contributed by atoms with Crippen molar-refractivity contribution in [3.05, 3.63) is 0 Å². The van der Waals surface area contributed by atoms with Gasteiger partial charge in [-0.1, -0.05) is 13.3 Å². The van der Waals surface area contributed by atoms with Gasteiger partial charge in [0.1, 0.15) is 0 Å². The minimum absolute atomic E-state index is 0.399. The number of carboxylic acid groups (broad SMARTS) is 1. The molecule has 4 N–H and O–H groups in total. The second kappa shape index (κ2) is 10.8. The van der Waals surface area contributed by atoms with E-state index >= 15 is 0 Å². The zero-order chi connectivity index (χ0) is 13.8. The summed E-state index contributed by atoms with van der Waals surface area (Å²) in [5.41, 5.74) is 0. The third kappa shape index (κ3) is 8.77. The number of carbonyl (C=O) groups excluding carboxylic acids is 1. The summed E-state index contributed by atoms with van der Waals surface area (Å²) in [6.45, 7) is 3.12. The third-order valence-electron chi connectivity index (χ3n) is 2.18. The summed E-state index contributed by atoms with van der Waals surface area (Å²) in [6, 6.07) is -1.88. The van der Waals surface area contributed by atoms with Crippen molar-refractivity contribution in [3.63, 3.8) is 0 Å². The van der Waals surface area contributed by atoms with Crippen molar-refractivity contribution >= 4 is 12.0 Å². The summed E-state index contributed by atoms with van der Waals surface area (Å²) >= 11 is 0. The van der Waals surface area contributed by atoms with Gasteiger partial charge in [-0.3, -0.25) is 0 Å². The molecular formula is C11H22N2O5. The molecule has 0 saturated heterocycles. The highest BCUT2D eigenvalue weighted by Crippen LogP contribution is 1.89. The zero-order valence-corrected chi connectivity index (χ0v) is 10.6. The number of aliphatic hydroxyl groups is 1.